The zero-order chi connectivity index (χ0) is 14.4. The lowest BCUT2D eigenvalue weighted by molar-refractivity contribution is 0.0645. The molecular weight excluding hydrogens is 256 g/mol. The van der Waals surface area contributed by atoms with Crippen LogP contribution < -0.4 is 0 Å². The molecule has 0 unspecified atom stereocenters. The van der Waals surface area contributed by atoms with Gasteiger partial charge in [0.25, 0.3) is 5.91 Å². The second kappa shape index (κ2) is 7.04. The van der Waals surface area contributed by atoms with E-state index >= 15 is 0 Å². The summed E-state index contributed by atoms with van der Waals surface area (Å²) in [6, 6.07) is 3.38. The average molecular weight is 274 g/mol. The van der Waals surface area contributed by atoms with Crippen LogP contribution in [0.3, 0.4) is 0 Å². The summed E-state index contributed by atoms with van der Waals surface area (Å²) in [6.07, 6.45) is 3.21. The van der Waals surface area contributed by atoms with Crippen LogP contribution in [0, 0.1) is 17.8 Å². The molecule has 1 aliphatic heterocycles. The summed E-state index contributed by atoms with van der Waals surface area (Å²) < 4.78 is 0. The molecule has 1 aliphatic rings. The van der Waals surface area contributed by atoms with E-state index in [0.717, 1.165) is 12.8 Å². The van der Waals surface area contributed by atoms with Gasteiger partial charge in [0.1, 0.15) is 12.3 Å². The second-order valence-corrected chi connectivity index (χ2v) is 4.81. The maximum absolute atomic E-state index is 12.2. The Morgan fingerprint density at radius 1 is 1.35 bits per heavy atom. The predicted octanol–water partition coefficient (Wildman–Crippen LogP) is 0.270. The number of pyridine rings is 1. The third kappa shape index (κ3) is 3.56. The van der Waals surface area contributed by atoms with Crippen molar-refractivity contribution in [2.24, 2.45) is 5.92 Å². The monoisotopic (exact) mass is 274 g/mol. The van der Waals surface area contributed by atoms with Gasteiger partial charge in [-0.1, -0.05) is 11.8 Å². The summed E-state index contributed by atoms with van der Waals surface area (Å²) in [4.78, 5) is 18.1. The topological polar surface area (TPSA) is 73.7 Å². The minimum atomic E-state index is -0.194. The van der Waals surface area contributed by atoms with Crippen molar-refractivity contribution >= 4 is 5.91 Å². The van der Waals surface area contributed by atoms with Crippen LogP contribution in [-0.2, 0) is 0 Å². The lowest BCUT2D eigenvalue weighted by atomic mass is 9.98. The molecule has 1 aromatic heterocycles. The number of aromatic nitrogens is 1. The minimum absolute atomic E-state index is 0.0805. The van der Waals surface area contributed by atoms with Gasteiger partial charge in [-0.3, -0.25) is 4.79 Å². The Balaban J connectivity index is 1.99. The van der Waals surface area contributed by atoms with E-state index in [1.54, 1.807) is 17.0 Å². The molecule has 2 rings (SSSR count). The molecule has 1 amide bonds. The molecule has 0 aliphatic carbocycles. The second-order valence-electron chi connectivity index (χ2n) is 4.81. The van der Waals surface area contributed by atoms with Gasteiger partial charge in [-0.05, 0) is 30.9 Å². The molecule has 0 spiro atoms. The molecule has 5 heteroatoms. The van der Waals surface area contributed by atoms with Gasteiger partial charge < -0.3 is 15.1 Å². The van der Waals surface area contributed by atoms with Gasteiger partial charge in [0.05, 0.1) is 0 Å². The average Bonchev–Trinajstić information content (AvgIpc) is 2.53. The molecule has 2 heterocycles. The van der Waals surface area contributed by atoms with Gasteiger partial charge in [0.15, 0.2) is 0 Å². The number of aliphatic hydroxyl groups excluding tert-OH is 2. The summed E-state index contributed by atoms with van der Waals surface area (Å²) in [5, 5.41) is 17.7. The third-order valence-electron chi connectivity index (χ3n) is 3.45. The first-order valence-corrected chi connectivity index (χ1v) is 6.70. The Morgan fingerprint density at radius 2 is 2.10 bits per heavy atom. The van der Waals surface area contributed by atoms with Crippen LogP contribution in [0.5, 0.6) is 0 Å². The Bertz CT molecular complexity index is 508. The molecule has 2 N–H and O–H groups in total. The van der Waals surface area contributed by atoms with E-state index in [1.807, 2.05) is 0 Å². The Hall–Kier alpha value is -1.90. The largest absolute Gasteiger partial charge is 0.396 e. The van der Waals surface area contributed by atoms with E-state index < -0.39 is 0 Å². The highest BCUT2D eigenvalue weighted by atomic mass is 16.3. The zero-order valence-electron chi connectivity index (χ0n) is 11.2. The number of piperidine rings is 1. The van der Waals surface area contributed by atoms with E-state index in [9.17, 15) is 4.79 Å². The fraction of sp³-hybridized carbons (Fsp3) is 0.467. The van der Waals surface area contributed by atoms with E-state index in [4.69, 9.17) is 10.2 Å². The van der Waals surface area contributed by atoms with E-state index in [1.165, 1.54) is 6.20 Å². The summed E-state index contributed by atoms with van der Waals surface area (Å²) in [5.41, 5.74) is 1.08. The number of hydrogen-bond acceptors (Lipinski definition) is 4. The summed E-state index contributed by atoms with van der Waals surface area (Å²) in [6.45, 7) is 1.33. The van der Waals surface area contributed by atoms with E-state index in [-0.39, 0.29) is 19.1 Å². The summed E-state index contributed by atoms with van der Waals surface area (Å²) in [5.74, 6) is 5.50. The molecular formula is C15H18N2O3. The zero-order valence-corrected chi connectivity index (χ0v) is 11.2. The maximum Gasteiger partial charge on any atom is 0.272 e. The number of aliphatic hydroxyl groups is 2. The lowest BCUT2D eigenvalue weighted by Gasteiger charge is -2.30. The standard InChI is InChI=1S/C15H18N2O3/c18-9-1-2-12-3-4-14(16-10-12)15(20)17-7-5-13(11-19)6-8-17/h3-4,10,13,18-19H,5-9,11H2. The first kappa shape index (κ1) is 14.5. The number of carbonyl (C=O) groups excluding carboxylic acids is 1. The summed E-state index contributed by atoms with van der Waals surface area (Å²) in [7, 11) is 0. The highest BCUT2D eigenvalue weighted by Crippen LogP contribution is 2.17. The van der Waals surface area contributed by atoms with Gasteiger partial charge in [0.2, 0.25) is 0 Å². The Kier molecular flexibility index (Phi) is 5.10. The fourth-order valence-corrected chi connectivity index (χ4v) is 2.22. The van der Waals surface area contributed by atoms with Crippen LogP contribution in [0.4, 0.5) is 0 Å². The molecule has 0 saturated carbocycles. The number of rotatable bonds is 2. The molecule has 0 bridgehead atoms. The van der Waals surface area contributed by atoms with Crippen molar-refractivity contribution < 1.29 is 15.0 Å². The van der Waals surface area contributed by atoms with Crippen LogP contribution in [0.25, 0.3) is 0 Å². The van der Waals surface area contributed by atoms with Crippen molar-refractivity contribution in [3.05, 3.63) is 29.6 Å². The number of nitrogens with zero attached hydrogens (tertiary/aromatic N) is 2. The number of carbonyl (C=O) groups is 1. The van der Waals surface area contributed by atoms with Crippen LogP contribution in [0.2, 0.25) is 0 Å². The Labute approximate surface area is 118 Å². The van der Waals surface area contributed by atoms with Crippen molar-refractivity contribution in [1.29, 1.82) is 0 Å². The van der Waals surface area contributed by atoms with Gasteiger partial charge in [-0.2, -0.15) is 0 Å². The molecule has 5 nitrogen and oxygen atoms in total. The minimum Gasteiger partial charge on any atom is -0.396 e. The number of likely N-dealkylation sites (tertiary alicyclic amines) is 1. The maximum atomic E-state index is 12.2. The van der Waals surface area contributed by atoms with Crippen LogP contribution in [0.1, 0.15) is 28.9 Å². The highest BCUT2D eigenvalue weighted by Gasteiger charge is 2.23. The molecule has 0 atom stereocenters. The van der Waals surface area contributed by atoms with Crippen molar-refractivity contribution in [2.45, 2.75) is 12.8 Å². The first-order chi connectivity index (χ1) is 9.74. The fourth-order valence-electron chi connectivity index (χ4n) is 2.22. The summed E-state index contributed by atoms with van der Waals surface area (Å²) >= 11 is 0. The molecule has 1 fully saturated rings. The normalized spacial score (nSPS) is 15.6. The van der Waals surface area contributed by atoms with Gasteiger partial charge in [-0.25, -0.2) is 4.98 Å². The van der Waals surface area contributed by atoms with E-state index in [0.29, 0.717) is 30.3 Å². The molecule has 1 aromatic rings. The number of amides is 1. The molecule has 0 radical (unpaired) electrons. The SMILES string of the molecule is O=C(c1ccc(C#CCO)cn1)N1CCC(CO)CC1. The Morgan fingerprint density at radius 3 is 2.65 bits per heavy atom. The first-order valence-electron chi connectivity index (χ1n) is 6.70. The third-order valence-corrected chi connectivity index (χ3v) is 3.45. The quantitative estimate of drug-likeness (QED) is 0.759. The smallest absolute Gasteiger partial charge is 0.272 e. The van der Waals surface area contributed by atoms with Gasteiger partial charge in [0, 0.05) is 31.5 Å². The van der Waals surface area contributed by atoms with Crippen LogP contribution >= 0.6 is 0 Å². The van der Waals surface area contributed by atoms with Gasteiger partial charge in [-0.15, -0.1) is 0 Å². The van der Waals surface area contributed by atoms with E-state index in [2.05, 4.69) is 16.8 Å². The lowest BCUT2D eigenvalue weighted by Crippen LogP contribution is -2.39. The molecule has 106 valence electrons. The van der Waals surface area contributed by atoms with Crippen molar-refractivity contribution in [3.8, 4) is 11.8 Å². The van der Waals surface area contributed by atoms with Gasteiger partial charge >= 0.3 is 0 Å². The van der Waals surface area contributed by atoms with Crippen molar-refractivity contribution in [1.82, 2.24) is 9.88 Å². The molecule has 1 saturated heterocycles. The number of hydrogen-bond donors (Lipinski definition) is 2. The highest BCUT2D eigenvalue weighted by molar-refractivity contribution is 5.92. The van der Waals surface area contributed by atoms with Crippen molar-refractivity contribution in [3.63, 3.8) is 0 Å². The molecule has 20 heavy (non-hydrogen) atoms. The van der Waals surface area contributed by atoms with Crippen LogP contribution in [0.15, 0.2) is 18.3 Å². The van der Waals surface area contributed by atoms with Crippen molar-refractivity contribution in [2.75, 3.05) is 26.3 Å². The van der Waals surface area contributed by atoms with Crippen LogP contribution in [-0.4, -0.2) is 52.3 Å². The molecule has 0 aromatic carbocycles. The predicted molar refractivity (Wildman–Crippen MR) is 73.9 cm³/mol.